The summed E-state index contributed by atoms with van der Waals surface area (Å²) in [5.41, 5.74) is 0.961. The van der Waals surface area contributed by atoms with Gasteiger partial charge in [0.2, 0.25) is 5.91 Å². The van der Waals surface area contributed by atoms with Crippen LogP contribution in [0, 0.1) is 11.6 Å². The zero-order valence-electron chi connectivity index (χ0n) is 22.3. The number of piperazine rings is 1. The third kappa shape index (κ3) is 5.86. The molecule has 0 radical (unpaired) electrons. The van der Waals surface area contributed by atoms with E-state index in [9.17, 15) is 18.4 Å². The van der Waals surface area contributed by atoms with Gasteiger partial charge in [0.1, 0.15) is 23.1 Å². The van der Waals surface area contributed by atoms with E-state index in [2.05, 4.69) is 5.10 Å². The van der Waals surface area contributed by atoms with Gasteiger partial charge in [-0.05, 0) is 64.0 Å². The van der Waals surface area contributed by atoms with E-state index in [0.29, 0.717) is 61.7 Å². The SMILES string of the molecule is CC(C)(C)OC(=O)N1CCN(C(=O)C=Cc2cnn3ccc(N4CCCC4c4cc(F)ccc4F)nc23)CC1. The maximum atomic E-state index is 14.5. The molecule has 3 aromatic rings. The van der Waals surface area contributed by atoms with Crippen LogP contribution in [0.15, 0.2) is 42.7 Å². The summed E-state index contributed by atoms with van der Waals surface area (Å²) in [4.78, 5) is 35.2. The lowest BCUT2D eigenvalue weighted by molar-refractivity contribution is -0.127. The van der Waals surface area contributed by atoms with Crippen molar-refractivity contribution in [3.63, 3.8) is 0 Å². The molecule has 1 unspecified atom stereocenters. The molecule has 5 rings (SSSR count). The quantitative estimate of drug-likeness (QED) is 0.457. The van der Waals surface area contributed by atoms with Crippen LogP contribution in [0.25, 0.3) is 11.7 Å². The van der Waals surface area contributed by atoms with Gasteiger partial charge in [0, 0.05) is 56.1 Å². The van der Waals surface area contributed by atoms with Gasteiger partial charge in [-0.15, -0.1) is 0 Å². The fourth-order valence-corrected chi connectivity index (χ4v) is 4.99. The summed E-state index contributed by atoms with van der Waals surface area (Å²) in [6.45, 7) is 7.75. The number of halogens is 2. The minimum atomic E-state index is -0.569. The van der Waals surface area contributed by atoms with Crippen LogP contribution >= 0.6 is 0 Å². The first-order valence-electron chi connectivity index (χ1n) is 13.1. The van der Waals surface area contributed by atoms with Crippen LogP contribution in [0.2, 0.25) is 0 Å². The van der Waals surface area contributed by atoms with Gasteiger partial charge in [-0.3, -0.25) is 4.79 Å². The van der Waals surface area contributed by atoms with E-state index in [1.807, 2.05) is 25.7 Å². The normalized spacial score (nSPS) is 18.4. The molecular formula is C28H32F2N6O3. The Morgan fingerprint density at radius 1 is 1.05 bits per heavy atom. The highest BCUT2D eigenvalue weighted by Gasteiger charge is 2.30. The Bertz CT molecular complexity index is 1410. The van der Waals surface area contributed by atoms with E-state index in [1.54, 1.807) is 38.9 Å². The number of hydrogen-bond donors (Lipinski definition) is 0. The van der Waals surface area contributed by atoms with Crippen molar-refractivity contribution < 1.29 is 23.1 Å². The molecule has 2 aliphatic rings. The van der Waals surface area contributed by atoms with Crippen LogP contribution in [-0.4, -0.2) is 74.7 Å². The third-order valence-corrected chi connectivity index (χ3v) is 6.89. The minimum absolute atomic E-state index is 0.171. The summed E-state index contributed by atoms with van der Waals surface area (Å²) in [6, 6.07) is 5.02. The molecule has 2 fully saturated rings. The molecule has 9 nitrogen and oxygen atoms in total. The molecule has 2 aliphatic heterocycles. The van der Waals surface area contributed by atoms with Crippen molar-refractivity contribution in [2.45, 2.75) is 45.3 Å². The Balaban J connectivity index is 1.28. The maximum absolute atomic E-state index is 14.5. The first kappa shape index (κ1) is 26.6. The number of fused-ring (bicyclic) bond motifs is 1. The summed E-state index contributed by atoms with van der Waals surface area (Å²) < 4.78 is 35.4. The molecule has 39 heavy (non-hydrogen) atoms. The smallest absolute Gasteiger partial charge is 0.410 e. The lowest BCUT2D eigenvalue weighted by Crippen LogP contribution is -2.51. The monoisotopic (exact) mass is 538 g/mol. The molecular weight excluding hydrogens is 506 g/mol. The van der Waals surface area contributed by atoms with Gasteiger partial charge in [-0.25, -0.2) is 23.1 Å². The molecule has 2 saturated heterocycles. The topological polar surface area (TPSA) is 83.3 Å². The van der Waals surface area contributed by atoms with Crippen LogP contribution < -0.4 is 4.90 Å². The number of ether oxygens (including phenoxy) is 1. The second-order valence-corrected chi connectivity index (χ2v) is 10.8. The molecule has 11 heteroatoms. The third-order valence-electron chi connectivity index (χ3n) is 6.89. The minimum Gasteiger partial charge on any atom is -0.444 e. The highest BCUT2D eigenvalue weighted by molar-refractivity contribution is 5.93. The highest BCUT2D eigenvalue weighted by Crippen LogP contribution is 2.37. The summed E-state index contributed by atoms with van der Waals surface area (Å²) >= 11 is 0. The van der Waals surface area contributed by atoms with Crippen molar-refractivity contribution in [1.29, 1.82) is 0 Å². The average molecular weight is 539 g/mol. The second kappa shape index (κ2) is 10.6. The first-order chi connectivity index (χ1) is 18.6. The number of hydrogen-bond acceptors (Lipinski definition) is 6. The van der Waals surface area contributed by atoms with Crippen molar-refractivity contribution in [2.75, 3.05) is 37.6 Å². The van der Waals surface area contributed by atoms with Gasteiger partial charge >= 0.3 is 6.09 Å². The Morgan fingerprint density at radius 2 is 1.79 bits per heavy atom. The van der Waals surface area contributed by atoms with Gasteiger partial charge in [0.25, 0.3) is 0 Å². The van der Waals surface area contributed by atoms with Crippen molar-refractivity contribution in [2.24, 2.45) is 0 Å². The second-order valence-electron chi connectivity index (χ2n) is 10.8. The largest absolute Gasteiger partial charge is 0.444 e. The number of carbonyl (C=O) groups is 2. The standard InChI is InChI=1S/C28H32F2N6O3/c1-28(2,3)39-27(38)34-15-13-33(14-16-34)25(37)9-6-19-18-31-36-12-10-24(32-26(19)36)35-11-4-5-23(35)21-17-20(29)7-8-22(21)30/h6-10,12,17-18,23H,4-5,11,13-16H2,1-3H3. The highest BCUT2D eigenvalue weighted by atomic mass is 19.1. The molecule has 0 N–H and O–H groups in total. The Morgan fingerprint density at radius 3 is 2.54 bits per heavy atom. The first-order valence-corrected chi connectivity index (χ1v) is 13.1. The predicted molar refractivity (Wildman–Crippen MR) is 142 cm³/mol. The Hall–Kier alpha value is -4.02. The van der Waals surface area contributed by atoms with Crippen molar-refractivity contribution in [3.05, 3.63) is 65.5 Å². The maximum Gasteiger partial charge on any atom is 0.410 e. The summed E-state index contributed by atoms with van der Waals surface area (Å²) in [5, 5.41) is 4.33. The van der Waals surface area contributed by atoms with Gasteiger partial charge in [0.05, 0.1) is 12.2 Å². The molecule has 4 heterocycles. The number of anilines is 1. The van der Waals surface area contributed by atoms with Crippen molar-refractivity contribution in [1.82, 2.24) is 24.4 Å². The van der Waals surface area contributed by atoms with E-state index < -0.39 is 17.2 Å². The van der Waals surface area contributed by atoms with Gasteiger partial charge in [-0.1, -0.05) is 0 Å². The van der Waals surface area contributed by atoms with Gasteiger partial charge < -0.3 is 19.4 Å². The number of carbonyl (C=O) groups excluding carboxylic acids is 2. The van der Waals surface area contributed by atoms with Crippen LogP contribution in [-0.2, 0) is 9.53 Å². The molecule has 0 aliphatic carbocycles. The van der Waals surface area contributed by atoms with Crippen LogP contribution in [0.4, 0.5) is 19.4 Å². The molecule has 1 atom stereocenters. The Kier molecular flexibility index (Phi) is 7.24. The van der Waals surface area contributed by atoms with Gasteiger partial charge in [0.15, 0.2) is 5.65 Å². The van der Waals surface area contributed by atoms with E-state index >= 15 is 0 Å². The van der Waals surface area contributed by atoms with E-state index in [-0.39, 0.29) is 18.0 Å². The van der Waals surface area contributed by atoms with E-state index in [1.165, 1.54) is 12.1 Å². The number of aromatic nitrogens is 3. The summed E-state index contributed by atoms with van der Waals surface area (Å²) in [6.07, 6.45) is 7.70. The molecule has 0 saturated carbocycles. The van der Waals surface area contributed by atoms with Gasteiger partial charge in [-0.2, -0.15) is 5.10 Å². The molecule has 0 spiro atoms. The van der Waals surface area contributed by atoms with Crippen LogP contribution in [0.3, 0.4) is 0 Å². The van der Waals surface area contributed by atoms with Crippen molar-refractivity contribution >= 4 is 29.5 Å². The number of amides is 2. The average Bonchev–Trinajstić information content (AvgIpc) is 3.54. The fraction of sp³-hybridized carbons (Fsp3) is 0.429. The molecule has 1 aromatic carbocycles. The van der Waals surface area contributed by atoms with Crippen LogP contribution in [0.1, 0.15) is 50.8 Å². The number of benzene rings is 1. The molecule has 2 amide bonds. The molecule has 0 bridgehead atoms. The van der Waals surface area contributed by atoms with E-state index in [0.717, 1.165) is 18.6 Å². The lowest BCUT2D eigenvalue weighted by atomic mass is 10.0. The fourth-order valence-electron chi connectivity index (χ4n) is 4.99. The van der Waals surface area contributed by atoms with E-state index in [4.69, 9.17) is 9.72 Å². The summed E-state index contributed by atoms with van der Waals surface area (Å²) in [5.74, 6) is -0.447. The molecule has 206 valence electrons. The zero-order chi connectivity index (χ0) is 27.7. The number of nitrogens with zero attached hydrogens (tertiary/aromatic N) is 6. The summed E-state index contributed by atoms with van der Waals surface area (Å²) in [7, 11) is 0. The zero-order valence-corrected chi connectivity index (χ0v) is 22.3. The van der Waals surface area contributed by atoms with Crippen molar-refractivity contribution in [3.8, 4) is 0 Å². The predicted octanol–water partition coefficient (Wildman–Crippen LogP) is 4.44. The lowest BCUT2D eigenvalue weighted by Gasteiger charge is -2.35. The number of rotatable bonds is 4. The molecule has 2 aromatic heterocycles. The Labute approximate surface area is 225 Å². The van der Waals surface area contributed by atoms with Crippen LogP contribution in [0.5, 0.6) is 0 Å².